The molecule has 0 saturated carbocycles. The number of aromatic nitrogens is 2. The summed E-state index contributed by atoms with van der Waals surface area (Å²) in [6, 6.07) is 4.23. The van der Waals surface area contributed by atoms with Crippen LogP contribution in [0.4, 0.5) is 5.69 Å². The SMILES string of the molecule is [2H]C([2H])([2H])N1C=CN(c2c(C)ccc3c2-n2ccnc2C3)[C@H]1C. The molecule has 0 radical (unpaired) electrons. The van der Waals surface area contributed by atoms with E-state index in [-0.39, 0.29) is 6.17 Å². The summed E-state index contributed by atoms with van der Waals surface area (Å²) in [5.41, 5.74) is 4.51. The molecule has 2 aromatic rings. The number of hydrogen-bond acceptors (Lipinski definition) is 3. The molecule has 4 nitrogen and oxygen atoms in total. The summed E-state index contributed by atoms with van der Waals surface area (Å²) in [6.07, 6.45) is 7.83. The van der Waals surface area contributed by atoms with Crippen molar-refractivity contribution in [2.24, 2.45) is 0 Å². The summed E-state index contributed by atoms with van der Waals surface area (Å²) >= 11 is 0. The molecule has 0 spiro atoms. The second-order valence-electron chi connectivity index (χ2n) is 5.37. The first kappa shape index (κ1) is 8.84. The van der Waals surface area contributed by atoms with Gasteiger partial charge in [0.15, 0.2) is 0 Å². The fraction of sp³-hybridized carbons (Fsp3) is 0.312. The van der Waals surface area contributed by atoms with E-state index in [0.717, 1.165) is 29.2 Å². The van der Waals surface area contributed by atoms with Crippen molar-refractivity contribution in [2.45, 2.75) is 26.4 Å². The molecule has 0 fully saturated rings. The lowest BCUT2D eigenvalue weighted by Gasteiger charge is -2.30. The van der Waals surface area contributed by atoms with Crippen molar-refractivity contribution in [3.05, 3.63) is 53.9 Å². The predicted octanol–water partition coefficient (Wildman–Crippen LogP) is 2.65. The van der Waals surface area contributed by atoms with Gasteiger partial charge in [0.1, 0.15) is 12.0 Å². The van der Waals surface area contributed by atoms with Gasteiger partial charge in [0, 0.05) is 42.3 Å². The molecule has 2 aliphatic rings. The van der Waals surface area contributed by atoms with Crippen LogP contribution in [0.2, 0.25) is 0 Å². The molecular weight excluding hydrogens is 248 g/mol. The second-order valence-corrected chi connectivity index (χ2v) is 5.37. The highest BCUT2D eigenvalue weighted by molar-refractivity contribution is 5.74. The largest absolute Gasteiger partial charge is 0.359 e. The summed E-state index contributed by atoms with van der Waals surface area (Å²) in [4.78, 5) is 7.86. The Bertz CT molecular complexity index is 806. The van der Waals surface area contributed by atoms with Crippen molar-refractivity contribution < 1.29 is 4.11 Å². The van der Waals surface area contributed by atoms with Gasteiger partial charge in [0.25, 0.3) is 0 Å². The molecule has 2 aliphatic heterocycles. The predicted molar refractivity (Wildman–Crippen MR) is 80.0 cm³/mol. The van der Waals surface area contributed by atoms with Gasteiger partial charge in [-0.2, -0.15) is 0 Å². The molecule has 102 valence electrons. The molecule has 4 rings (SSSR count). The van der Waals surface area contributed by atoms with Crippen molar-refractivity contribution in [2.75, 3.05) is 11.9 Å². The third kappa shape index (κ3) is 1.39. The zero-order chi connectivity index (χ0) is 16.4. The third-order valence-corrected chi connectivity index (χ3v) is 4.19. The maximum Gasteiger partial charge on any atom is 0.117 e. The highest BCUT2D eigenvalue weighted by Crippen LogP contribution is 2.39. The first-order valence-electron chi connectivity index (χ1n) is 8.28. The number of nitrogens with zero attached hydrogens (tertiary/aromatic N) is 4. The Balaban J connectivity index is 1.84. The van der Waals surface area contributed by atoms with E-state index in [9.17, 15) is 0 Å². The highest BCUT2D eigenvalue weighted by atomic mass is 15.4. The lowest BCUT2D eigenvalue weighted by atomic mass is 10.1. The maximum atomic E-state index is 7.68. The van der Waals surface area contributed by atoms with Gasteiger partial charge in [0.2, 0.25) is 0 Å². The number of aryl methyl sites for hydroxylation is 1. The summed E-state index contributed by atoms with van der Waals surface area (Å²) in [5.74, 6) is 1.02. The minimum atomic E-state index is -2.14. The first-order chi connectivity index (χ1) is 10.9. The average Bonchev–Trinajstić information content (AvgIpc) is 3.12. The van der Waals surface area contributed by atoms with Crippen molar-refractivity contribution in [3.8, 4) is 5.69 Å². The van der Waals surface area contributed by atoms with Crippen LogP contribution in [-0.4, -0.2) is 27.6 Å². The lowest BCUT2D eigenvalue weighted by molar-refractivity contribution is 0.383. The number of hydrogen-bond donors (Lipinski definition) is 0. The molecule has 4 heteroatoms. The van der Waals surface area contributed by atoms with E-state index in [1.807, 2.05) is 30.4 Å². The van der Waals surface area contributed by atoms with Crippen LogP contribution < -0.4 is 4.90 Å². The molecule has 0 aliphatic carbocycles. The molecule has 20 heavy (non-hydrogen) atoms. The van der Waals surface area contributed by atoms with Crippen LogP contribution in [-0.2, 0) is 6.42 Å². The van der Waals surface area contributed by atoms with Crippen molar-refractivity contribution in [3.63, 3.8) is 0 Å². The van der Waals surface area contributed by atoms with Crippen LogP contribution in [0.25, 0.3) is 5.69 Å². The number of imidazole rings is 1. The van der Waals surface area contributed by atoms with Gasteiger partial charge in [0.05, 0.1) is 11.4 Å². The molecule has 0 saturated heterocycles. The second kappa shape index (κ2) is 3.88. The topological polar surface area (TPSA) is 24.3 Å². The van der Waals surface area contributed by atoms with E-state index in [1.54, 1.807) is 6.20 Å². The van der Waals surface area contributed by atoms with Gasteiger partial charge in [-0.05, 0) is 25.0 Å². The van der Waals surface area contributed by atoms with Gasteiger partial charge < -0.3 is 14.4 Å². The third-order valence-electron chi connectivity index (χ3n) is 4.19. The van der Waals surface area contributed by atoms with E-state index >= 15 is 0 Å². The fourth-order valence-electron chi connectivity index (χ4n) is 3.09. The van der Waals surface area contributed by atoms with Crippen LogP contribution in [0, 0.1) is 6.92 Å². The normalized spacial score (nSPS) is 22.5. The molecule has 3 heterocycles. The Morgan fingerprint density at radius 3 is 3.00 bits per heavy atom. The zero-order valence-corrected chi connectivity index (χ0v) is 11.5. The Labute approximate surface area is 123 Å². The molecule has 1 aromatic heterocycles. The lowest BCUT2D eigenvalue weighted by Crippen LogP contribution is -2.34. The van der Waals surface area contributed by atoms with E-state index < -0.39 is 6.98 Å². The molecule has 0 unspecified atom stereocenters. The zero-order valence-electron chi connectivity index (χ0n) is 14.5. The fourth-order valence-corrected chi connectivity index (χ4v) is 3.09. The summed E-state index contributed by atoms with van der Waals surface area (Å²) in [5, 5.41) is 0. The van der Waals surface area contributed by atoms with Crippen LogP contribution in [0.15, 0.2) is 36.9 Å². The Kier molecular flexibility index (Phi) is 1.72. The van der Waals surface area contributed by atoms with Crippen molar-refractivity contribution in [1.29, 1.82) is 0 Å². The summed E-state index contributed by atoms with van der Waals surface area (Å²) < 4.78 is 25.1. The van der Waals surface area contributed by atoms with Crippen LogP contribution in [0.5, 0.6) is 0 Å². The van der Waals surface area contributed by atoms with Crippen LogP contribution in [0.1, 0.15) is 28.0 Å². The molecular formula is C16H18N4. The van der Waals surface area contributed by atoms with Crippen LogP contribution in [0.3, 0.4) is 0 Å². The maximum absolute atomic E-state index is 7.68. The Morgan fingerprint density at radius 2 is 2.20 bits per heavy atom. The number of benzene rings is 1. The summed E-state index contributed by atoms with van der Waals surface area (Å²) in [7, 11) is 0. The van der Waals surface area contributed by atoms with Gasteiger partial charge in [-0.25, -0.2) is 4.98 Å². The van der Waals surface area contributed by atoms with Gasteiger partial charge in [-0.1, -0.05) is 12.1 Å². The summed E-state index contributed by atoms with van der Waals surface area (Å²) in [6.45, 7) is 1.83. The molecule has 1 atom stereocenters. The molecule has 0 N–H and O–H groups in total. The van der Waals surface area contributed by atoms with E-state index in [1.165, 1.54) is 10.5 Å². The molecule has 1 aromatic carbocycles. The quantitative estimate of drug-likeness (QED) is 0.679. The van der Waals surface area contributed by atoms with Crippen LogP contribution >= 0.6 is 0 Å². The van der Waals surface area contributed by atoms with E-state index in [0.29, 0.717) is 0 Å². The van der Waals surface area contributed by atoms with Crippen molar-refractivity contribution in [1.82, 2.24) is 14.5 Å². The molecule has 0 amide bonds. The average molecular weight is 269 g/mol. The minimum absolute atomic E-state index is 0.264. The smallest absolute Gasteiger partial charge is 0.117 e. The van der Waals surface area contributed by atoms with Gasteiger partial charge >= 0.3 is 0 Å². The number of fused-ring (bicyclic) bond motifs is 3. The monoisotopic (exact) mass is 269 g/mol. The van der Waals surface area contributed by atoms with E-state index in [4.69, 9.17) is 4.11 Å². The highest BCUT2D eigenvalue weighted by Gasteiger charge is 2.29. The number of anilines is 1. The Morgan fingerprint density at radius 1 is 1.30 bits per heavy atom. The van der Waals surface area contributed by atoms with Gasteiger partial charge in [-0.3, -0.25) is 0 Å². The standard InChI is InChI=1S/C16H18N4/c1-11-4-5-13-10-14-17-6-7-20(14)16(13)15(11)19-9-8-18(3)12(19)2/h4-9,12H,10H2,1-3H3/t12-/m0/s1/i3D3. The molecule has 0 bridgehead atoms. The first-order valence-corrected chi connectivity index (χ1v) is 6.78. The number of rotatable bonds is 1. The van der Waals surface area contributed by atoms with Gasteiger partial charge in [-0.15, -0.1) is 0 Å². The minimum Gasteiger partial charge on any atom is -0.359 e. The Hall–Kier alpha value is -2.23. The van der Waals surface area contributed by atoms with E-state index in [2.05, 4.69) is 28.6 Å². The van der Waals surface area contributed by atoms with Crippen molar-refractivity contribution >= 4 is 5.69 Å².